The maximum atomic E-state index is 11.9. The van der Waals surface area contributed by atoms with Crippen LogP contribution in [0, 0.1) is 6.92 Å². The maximum absolute atomic E-state index is 11.9. The fourth-order valence-electron chi connectivity index (χ4n) is 3.17. The van der Waals surface area contributed by atoms with Gasteiger partial charge in [-0.25, -0.2) is 4.98 Å². The van der Waals surface area contributed by atoms with Gasteiger partial charge in [0.15, 0.2) is 5.96 Å². The number of hydrogen-bond acceptors (Lipinski definition) is 4. The number of likely N-dealkylation sites (tertiary alicyclic amines) is 1. The number of guanidine groups is 1. The third kappa shape index (κ3) is 5.53. The molecule has 1 aromatic carbocycles. The molecule has 1 aliphatic rings. The predicted molar refractivity (Wildman–Crippen MR) is 110 cm³/mol. The number of aliphatic imine (C=N–C) groups is 1. The van der Waals surface area contributed by atoms with Crippen LogP contribution in [0.25, 0.3) is 0 Å². The summed E-state index contributed by atoms with van der Waals surface area (Å²) in [5.41, 5.74) is 2.38. The minimum absolute atomic E-state index is 0.257. The summed E-state index contributed by atoms with van der Waals surface area (Å²) in [5.74, 6) is 1.03. The third-order valence-corrected chi connectivity index (χ3v) is 5.59. The molecule has 2 N–H and O–H groups in total. The lowest BCUT2D eigenvalue weighted by molar-refractivity contribution is -0.128. The first kappa shape index (κ1) is 19.4. The summed E-state index contributed by atoms with van der Waals surface area (Å²) >= 11 is 1.73. The van der Waals surface area contributed by atoms with Crippen LogP contribution < -0.4 is 10.6 Å². The van der Waals surface area contributed by atoms with Crippen molar-refractivity contribution >= 4 is 23.2 Å². The molecular weight excluding hydrogens is 358 g/mol. The van der Waals surface area contributed by atoms with Crippen molar-refractivity contribution in [1.82, 2.24) is 20.5 Å². The number of carbonyl (C=O) groups is 1. The van der Waals surface area contributed by atoms with Crippen molar-refractivity contribution in [1.29, 1.82) is 0 Å². The van der Waals surface area contributed by atoms with Crippen LogP contribution in [-0.2, 0) is 24.3 Å². The lowest BCUT2D eigenvalue weighted by Gasteiger charge is -2.19. The van der Waals surface area contributed by atoms with Crippen LogP contribution in [0.5, 0.6) is 0 Å². The molecule has 1 aromatic heterocycles. The van der Waals surface area contributed by atoms with Crippen LogP contribution in [0.2, 0.25) is 0 Å². The number of nitrogens with one attached hydrogen (secondary N) is 2. The Bertz CT molecular complexity index is 801. The molecule has 0 saturated carbocycles. The fraction of sp³-hybridized carbons (Fsp3) is 0.450. The highest BCUT2D eigenvalue weighted by atomic mass is 32.1. The zero-order valence-electron chi connectivity index (χ0n) is 16.0. The highest BCUT2D eigenvalue weighted by molar-refractivity contribution is 7.11. The summed E-state index contributed by atoms with van der Waals surface area (Å²) in [4.78, 5) is 23.8. The number of nitrogens with zero attached hydrogens (tertiary/aromatic N) is 3. The minimum Gasteiger partial charge on any atom is -0.356 e. The molecule has 2 aromatic rings. The average molecular weight is 386 g/mol. The van der Waals surface area contributed by atoms with Gasteiger partial charge in [-0.2, -0.15) is 0 Å². The van der Waals surface area contributed by atoms with Crippen molar-refractivity contribution in [3.63, 3.8) is 0 Å². The van der Waals surface area contributed by atoms with E-state index in [1.165, 1.54) is 16.0 Å². The number of thiazole rings is 1. The average Bonchev–Trinajstić information content (AvgIpc) is 3.27. The van der Waals surface area contributed by atoms with Gasteiger partial charge in [0.25, 0.3) is 0 Å². The highest BCUT2D eigenvalue weighted by Gasteiger charge is 2.20. The molecule has 0 atom stereocenters. The van der Waals surface area contributed by atoms with E-state index in [0.29, 0.717) is 19.5 Å². The van der Waals surface area contributed by atoms with Crippen molar-refractivity contribution in [2.75, 3.05) is 20.1 Å². The van der Waals surface area contributed by atoms with Gasteiger partial charge in [0, 0.05) is 57.1 Å². The van der Waals surface area contributed by atoms with Crippen molar-refractivity contribution in [3.8, 4) is 0 Å². The Kier molecular flexibility index (Phi) is 6.81. The second-order valence-electron chi connectivity index (χ2n) is 6.65. The molecule has 2 heterocycles. The van der Waals surface area contributed by atoms with Gasteiger partial charge < -0.3 is 15.5 Å². The Labute approximate surface area is 164 Å². The first-order chi connectivity index (χ1) is 13.2. The van der Waals surface area contributed by atoms with E-state index in [2.05, 4.69) is 39.7 Å². The van der Waals surface area contributed by atoms with Gasteiger partial charge in [0.2, 0.25) is 5.91 Å². The molecule has 0 aliphatic carbocycles. The Hall–Kier alpha value is -2.41. The number of rotatable bonds is 7. The van der Waals surface area contributed by atoms with Crippen molar-refractivity contribution in [2.45, 2.75) is 39.3 Å². The summed E-state index contributed by atoms with van der Waals surface area (Å²) in [7, 11) is 1.78. The Morgan fingerprint density at radius 3 is 2.78 bits per heavy atom. The third-order valence-electron chi connectivity index (χ3n) is 4.62. The zero-order chi connectivity index (χ0) is 19.1. The molecule has 0 radical (unpaired) electrons. The van der Waals surface area contributed by atoms with Crippen molar-refractivity contribution in [3.05, 3.63) is 51.5 Å². The SMILES string of the molecule is CN=C(NCCc1ncc(C)s1)NCc1ccccc1CN1CCCC1=O. The van der Waals surface area contributed by atoms with Crippen LogP contribution in [0.3, 0.4) is 0 Å². The second kappa shape index (κ2) is 9.50. The zero-order valence-corrected chi connectivity index (χ0v) is 16.8. The first-order valence-electron chi connectivity index (χ1n) is 9.36. The van der Waals surface area contributed by atoms with Gasteiger partial charge in [-0.15, -0.1) is 11.3 Å². The van der Waals surface area contributed by atoms with E-state index in [1.54, 1.807) is 18.4 Å². The molecular formula is C20H27N5OS. The first-order valence-corrected chi connectivity index (χ1v) is 10.2. The lowest BCUT2D eigenvalue weighted by Crippen LogP contribution is -2.38. The minimum atomic E-state index is 0.257. The summed E-state index contributed by atoms with van der Waals surface area (Å²) in [5, 5.41) is 7.85. The number of hydrogen-bond donors (Lipinski definition) is 2. The molecule has 1 aliphatic heterocycles. The molecule has 27 heavy (non-hydrogen) atoms. The molecule has 144 valence electrons. The second-order valence-corrected chi connectivity index (χ2v) is 7.97. The number of aryl methyl sites for hydroxylation is 1. The molecule has 1 amide bonds. The van der Waals surface area contributed by atoms with E-state index in [-0.39, 0.29) is 5.91 Å². The number of carbonyl (C=O) groups excluding carboxylic acids is 1. The summed E-state index contributed by atoms with van der Waals surface area (Å²) < 4.78 is 0. The molecule has 0 unspecified atom stereocenters. The Balaban J connectivity index is 1.51. The van der Waals surface area contributed by atoms with Crippen LogP contribution in [0.15, 0.2) is 35.5 Å². The number of amides is 1. The molecule has 6 nitrogen and oxygen atoms in total. The predicted octanol–water partition coefficient (Wildman–Crippen LogP) is 2.48. The van der Waals surface area contributed by atoms with Gasteiger partial charge >= 0.3 is 0 Å². The van der Waals surface area contributed by atoms with Crippen molar-refractivity contribution in [2.24, 2.45) is 4.99 Å². The van der Waals surface area contributed by atoms with Crippen molar-refractivity contribution < 1.29 is 4.79 Å². The molecule has 3 rings (SSSR count). The van der Waals surface area contributed by atoms with Gasteiger partial charge in [-0.1, -0.05) is 24.3 Å². The monoisotopic (exact) mass is 385 g/mol. The Morgan fingerprint density at radius 1 is 1.30 bits per heavy atom. The van der Waals surface area contributed by atoms with E-state index in [9.17, 15) is 4.79 Å². The van der Waals surface area contributed by atoms with Crippen LogP contribution >= 0.6 is 11.3 Å². The largest absolute Gasteiger partial charge is 0.356 e. The summed E-state index contributed by atoms with van der Waals surface area (Å²) in [6.07, 6.45) is 4.44. The van der Waals surface area contributed by atoms with Crippen LogP contribution in [-0.4, -0.2) is 41.9 Å². The molecule has 1 fully saturated rings. The van der Waals surface area contributed by atoms with Gasteiger partial charge in [-0.3, -0.25) is 9.79 Å². The fourth-order valence-corrected chi connectivity index (χ4v) is 3.95. The standard InChI is InChI=1S/C20H27N5OS/c1-15-12-23-18(27-15)9-10-22-20(21-2)24-13-16-6-3-4-7-17(16)14-25-11-5-8-19(25)26/h3-4,6-7,12H,5,8-11,13-14H2,1-2H3,(H2,21,22,24). The van der Waals surface area contributed by atoms with E-state index in [1.807, 2.05) is 23.2 Å². The highest BCUT2D eigenvalue weighted by Crippen LogP contribution is 2.17. The molecule has 7 heteroatoms. The molecule has 0 spiro atoms. The molecule has 1 saturated heterocycles. The molecule has 0 bridgehead atoms. The number of aromatic nitrogens is 1. The van der Waals surface area contributed by atoms with E-state index in [0.717, 1.165) is 36.9 Å². The summed E-state index contributed by atoms with van der Waals surface area (Å²) in [6, 6.07) is 8.27. The van der Waals surface area contributed by atoms with E-state index < -0.39 is 0 Å². The lowest BCUT2D eigenvalue weighted by atomic mass is 10.1. The number of benzene rings is 1. The van der Waals surface area contributed by atoms with Crippen LogP contribution in [0.4, 0.5) is 0 Å². The van der Waals surface area contributed by atoms with Gasteiger partial charge in [0.1, 0.15) is 0 Å². The van der Waals surface area contributed by atoms with Gasteiger partial charge in [0.05, 0.1) is 5.01 Å². The summed E-state index contributed by atoms with van der Waals surface area (Å²) in [6.45, 7) is 5.08. The van der Waals surface area contributed by atoms with E-state index in [4.69, 9.17) is 0 Å². The van der Waals surface area contributed by atoms with Crippen LogP contribution in [0.1, 0.15) is 33.9 Å². The maximum Gasteiger partial charge on any atom is 0.222 e. The van der Waals surface area contributed by atoms with Gasteiger partial charge in [-0.05, 0) is 24.5 Å². The Morgan fingerprint density at radius 2 is 2.11 bits per heavy atom. The topological polar surface area (TPSA) is 69.6 Å². The quantitative estimate of drug-likeness (QED) is 0.567. The van der Waals surface area contributed by atoms with E-state index >= 15 is 0 Å². The normalized spacial score (nSPS) is 14.7. The smallest absolute Gasteiger partial charge is 0.222 e.